The molecule has 0 aliphatic heterocycles. The maximum Gasteiger partial charge on any atom is 0.187 e. The molecule has 4 nitrogen and oxygen atoms in total. The summed E-state index contributed by atoms with van der Waals surface area (Å²) in [5, 5.41) is 8.25. The van der Waals surface area contributed by atoms with E-state index in [0.29, 0.717) is 23.3 Å². The molecule has 0 unspecified atom stereocenters. The molecule has 0 aliphatic carbocycles. The van der Waals surface area contributed by atoms with E-state index < -0.39 is 0 Å². The van der Waals surface area contributed by atoms with Gasteiger partial charge >= 0.3 is 0 Å². The first-order valence-electron chi connectivity index (χ1n) is 5.47. The molecular formula is C12H16ClN3OS. The monoisotopic (exact) mass is 285 g/mol. The van der Waals surface area contributed by atoms with Crippen LogP contribution >= 0.6 is 23.8 Å². The molecule has 0 spiro atoms. The van der Waals surface area contributed by atoms with Gasteiger partial charge in [-0.3, -0.25) is 5.43 Å². The number of rotatable bonds is 5. The summed E-state index contributed by atoms with van der Waals surface area (Å²) in [6.07, 6.45) is 0. The number of thiocarbonyl (C=S) groups is 1. The molecule has 6 heteroatoms. The zero-order chi connectivity index (χ0) is 13.4. The first-order chi connectivity index (χ1) is 8.65. The van der Waals surface area contributed by atoms with E-state index >= 15 is 0 Å². The minimum absolute atomic E-state index is 0.457. The number of hydrogen-bond donors (Lipinski definition) is 2. The van der Waals surface area contributed by atoms with Crippen LogP contribution in [0.1, 0.15) is 12.5 Å². The highest BCUT2D eigenvalue weighted by Gasteiger charge is 2.02. The van der Waals surface area contributed by atoms with Crippen LogP contribution in [0.25, 0.3) is 0 Å². The summed E-state index contributed by atoms with van der Waals surface area (Å²) in [7, 11) is 1.64. The number of ether oxygens (including phenoxy) is 1. The van der Waals surface area contributed by atoms with Crippen molar-refractivity contribution in [3.8, 4) is 0 Å². The number of halogens is 1. The molecule has 0 radical (unpaired) electrons. The summed E-state index contributed by atoms with van der Waals surface area (Å²) in [6.45, 7) is 3.10. The smallest absolute Gasteiger partial charge is 0.187 e. The van der Waals surface area contributed by atoms with Crippen molar-refractivity contribution < 1.29 is 4.74 Å². The second-order valence-corrected chi connectivity index (χ2v) is 4.35. The lowest BCUT2D eigenvalue weighted by Crippen LogP contribution is -2.34. The minimum atomic E-state index is 0.457. The predicted molar refractivity (Wildman–Crippen MR) is 79.3 cm³/mol. The average Bonchev–Trinajstić information content (AvgIpc) is 2.37. The van der Waals surface area contributed by atoms with Gasteiger partial charge in [-0.15, -0.1) is 0 Å². The predicted octanol–water partition coefficient (Wildman–Crippen LogP) is 2.17. The second-order valence-electron chi connectivity index (χ2n) is 3.54. The Morgan fingerprint density at radius 2 is 2.17 bits per heavy atom. The Hall–Kier alpha value is -1.17. The summed E-state index contributed by atoms with van der Waals surface area (Å²) in [4.78, 5) is 0. The van der Waals surface area contributed by atoms with Crippen LogP contribution in [0.15, 0.2) is 29.4 Å². The fourth-order valence-corrected chi connectivity index (χ4v) is 1.68. The maximum absolute atomic E-state index is 6.06. The summed E-state index contributed by atoms with van der Waals surface area (Å²) >= 11 is 11.1. The Morgan fingerprint density at radius 3 is 2.83 bits per heavy atom. The van der Waals surface area contributed by atoms with Crippen molar-refractivity contribution in [1.29, 1.82) is 0 Å². The number of methoxy groups -OCH3 is 1. The highest BCUT2D eigenvalue weighted by molar-refractivity contribution is 7.80. The number of benzene rings is 1. The van der Waals surface area contributed by atoms with Crippen LogP contribution in [0.4, 0.5) is 0 Å². The summed E-state index contributed by atoms with van der Waals surface area (Å²) in [6, 6.07) is 7.52. The van der Waals surface area contributed by atoms with Crippen LogP contribution in [0.5, 0.6) is 0 Å². The molecule has 0 saturated heterocycles. The van der Waals surface area contributed by atoms with E-state index in [2.05, 4.69) is 15.8 Å². The van der Waals surface area contributed by atoms with Gasteiger partial charge in [-0.05, 0) is 25.2 Å². The van der Waals surface area contributed by atoms with E-state index in [0.717, 1.165) is 11.3 Å². The Balaban J connectivity index is 2.52. The molecule has 1 aromatic rings. The molecule has 0 fully saturated rings. The van der Waals surface area contributed by atoms with Gasteiger partial charge < -0.3 is 10.1 Å². The molecule has 1 aromatic carbocycles. The Morgan fingerprint density at radius 1 is 1.44 bits per heavy atom. The molecule has 0 aromatic heterocycles. The summed E-state index contributed by atoms with van der Waals surface area (Å²) in [5.74, 6) is 0. The van der Waals surface area contributed by atoms with Crippen molar-refractivity contribution in [1.82, 2.24) is 10.7 Å². The Labute approximate surface area is 117 Å². The van der Waals surface area contributed by atoms with Gasteiger partial charge in [0.15, 0.2) is 5.11 Å². The summed E-state index contributed by atoms with van der Waals surface area (Å²) in [5.41, 5.74) is 4.42. The number of nitrogens with one attached hydrogen (secondary N) is 2. The third-order valence-corrected chi connectivity index (χ3v) is 2.75. The number of nitrogens with zero attached hydrogens (tertiary/aromatic N) is 1. The molecule has 1 rings (SSSR count). The highest BCUT2D eigenvalue weighted by Crippen LogP contribution is 2.15. The van der Waals surface area contributed by atoms with Crippen molar-refractivity contribution in [2.75, 3.05) is 20.3 Å². The maximum atomic E-state index is 6.06. The van der Waals surface area contributed by atoms with E-state index in [-0.39, 0.29) is 0 Å². The van der Waals surface area contributed by atoms with Crippen LogP contribution in [0.3, 0.4) is 0 Å². The zero-order valence-corrected chi connectivity index (χ0v) is 11.9. The van der Waals surface area contributed by atoms with E-state index in [9.17, 15) is 0 Å². The van der Waals surface area contributed by atoms with Gasteiger partial charge in [0.25, 0.3) is 0 Å². The first kappa shape index (κ1) is 14.9. The summed E-state index contributed by atoms with van der Waals surface area (Å²) < 4.78 is 4.90. The minimum Gasteiger partial charge on any atom is -0.383 e. The fourth-order valence-electron chi connectivity index (χ4n) is 1.26. The standard InChI is InChI=1S/C12H16ClN3OS/c1-9(10-5-3-4-6-11(10)13)15-16-12(18)14-7-8-17-2/h3-6H,7-8H2,1-2H3,(H2,14,16,18)/b15-9+. The molecule has 18 heavy (non-hydrogen) atoms. The van der Waals surface area contributed by atoms with Crippen LogP contribution in [0, 0.1) is 0 Å². The third-order valence-electron chi connectivity index (χ3n) is 2.18. The second kappa shape index (κ2) is 8.02. The quantitative estimate of drug-likeness (QED) is 0.377. The SMILES string of the molecule is COCCNC(=S)N/N=C(\C)c1ccccc1Cl. The number of hydrazone groups is 1. The van der Waals surface area contributed by atoms with E-state index in [1.165, 1.54) is 0 Å². The van der Waals surface area contributed by atoms with Crippen LogP contribution in [-0.2, 0) is 4.74 Å². The molecule has 0 atom stereocenters. The Kier molecular flexibility index (Phi) is 6.64. The molecule has 98 valence electrons. The van der Waals surface area contributed by atoms with Gasteiger partial charge in [-0.1, -0.05) is 29.8 Å². The average molecular weight is 286 g/mol. The van der Waals surface area contributed by atoms with E-state index in [4.69, 9.17) is 28.6 Å². The Bertz CT molecular complexity index is 437. The number of hydrogen-bond acceptors (Lipinski definition) is 3. The van der Waals surface area contributed by atoms with Gasteiger partial charge in [0.1, 0.15) is 0 Å². The van der Waals surface area contributed by atoms with Crippen molar-refractivity contribution in [2.24, 2.45) is 5.10 Å². The van der Waals surface area contributed by atoms with Crippen LogP contribution < -0.4 is 10.7 Å². The van der Waals surface area contributed by atoms with E-state index in [1.54, 1.807) is 7.11 Å². The van der Waals surface area contributed by atoms with Gasteiger partial charge in [0, 0.05) is 24.2 Å². The lowest BCUT2D eigenvalue weighted by atomic mass is 10.1. The van der Waals surface area contributed by atoms with Crippen molar-refractivity contribution in [2.45, 2.75) is 6.92 Å². The van der Waals surface area contributed by atoms with Gasteiger partial charge in [0.05, 0.1) is 12.3 Å². The van der Waals surface area contributed by atoms with Gasteiger partial charge in [0.2, 0.25) is 0 Å². The molecule has 2 N–H and O–H groups in total. The largest absolute Gasteiger partial charge is 0.383 e. The molecule has 0 aliphatic rings. The van der Waals surface area contributed by atoms with Crippen molar-refractivity contribution >= 4 is 34.6 Å². The van der Waals surface area contributed by atoms with Crippen molar-refractivity contribution in [3.05, 3.63) is 34.9 Å². The zero-order valence-electron chi connectivity index (χ0n) is 10.4. The van der Waals surface area contributed by atoms with Gasteiger partial charge in [-0.25, -0.2) is 0 Å². The highest BCUT2D eigenvalue weighted by atomic mass is 35.5. The molecule has 0 amide bonds. The van der Waals surface area contributed by atoms with Crippen LogP contribution in [0.2, 0.25) is 5.02 Å². The normalized spacial score (nSPS) is 11.2. The topological polar surface area (TPSA) is 45.6 Å². The van der Waals surface area contributed by atoms with Crippen LogP contribution in [-0.4, -0.2) is 31.1 Å². The molecule has 0 saturated carbocycles. The molecule has 0 heterocycles. The lowest BCUT2D eigenvalue weighted by Gasteiger charge is -2.08. The third kappa shape index (κ3) is 5.00. The lowest BCUT2D eigenvalue weighted by molar-refractivity contribution is 0.204. The first-order valence-corrected chi connectivity index (χ1v) is 6.25. The van der Waals surface area contributed by atoms with Crippen molar-refractivity contribution in [3.63, 3.8) is 0 Å². The molecular weight excluding hydrogens is 270 g/mol. The fraction of sp³-hybridized carbons (Fsp3) is 0.333. The van der Waals surface area contributed by atoms with Gasteiger partial charge in [-0.2, -0.15) is 5.10 Å². The van der Waals surface area contributed by atoms with E-state index in [1.807, 2.05) is 31.2 Å². The molecule has 0 bridgehead atoms.